The number of amides is 2. The van der Waals surface area contributed by atoms with E-state index in [9.17, 15) is 18.0 Å². The fourth-order valence-electron chi connectivity index (χ4n) is 4.78. The van der Waals surface area contributed by atoms with Crippen molar-refractivity contribution in [3.05, 3.63) is 120 Å². The SMILES string of the molecule is CCOc1ccc(N(CC(=O)N(Cc2ccccc2)[C@@H](Cc2ccccc2)C(=O)NC)S(=O)(=O)c2ccc(SC)cc2)cc1. The second kappa shape index (κ2) is 15.4. The Morgan fingerprint density at radius 1 is 0.841 bits per heavy atom. The molecular weight excluding hydrogens is 595 g/mol. The maximum absolute atomic E-state index is 14.3. The molecule has 4 rings (SSSR count). The number of carbonyl (C=O) groups excluding carboxylic acids is 2. The highest BCUT2D eigenvalue weighted by Crippen LogP contribution is 2.28. The lowest BCUT2D eigenvalue weighted by Gasteiger charge is -2.33. The van der Waals surface area contributed by atoms with Gasteiger partial charge >= 0.3 is 0 Å². The van der Waals surface area contributed by atoms with Gasteiger partial charge in [0.15, 0.2) is 0 Å². The Morgan fingerprint density at radius 3 is 1.98 bits per heavy atom. The molecule has 4 aromatic rings. The van der Waals surface area contributed by atoms with Gasteiger partial charge < -0.3 is 15.0 Å². The lowest BCUT2D eigenvalue weighted by Crippen LogP contribution is -2.53. The number of benzene rings is 4. The van der Waals surface area contributed by atoms with Crippen LogP contribution in [-0.2, 0) is 32.6 Å². The van der Waals surface area contributed by atoms with Crippen LogP contribution >= 0.6 is 11.8 Å². The highest BCUT2D eigenvalue weighted by Gasteiger charge is 2.34. The quantitative estimate of drug-likeness (QED) is 0.188. The van der Waals surface area contributed by atoms with Gasteiger partial charge in [0.1, 0.15) is 18.3 Å². The van der Waals surface area contributed by atoms with Gasteiger partial charge in [-0.15, -0.1) is 11.8 Å². The van der Waals surface area contributed by atoms with Crippen LogP contribution in [0.15, 0.2) is 119 Å². The van der Waals surface area contributed by atoms with Crippen molar-refractivity contribution in [3.8, 4) is 5.75 Å². The number of hydrogen-bond donors (Lipinski definition) is 1. The molecule has 10 heteroatoms. The Kier molecular flexibility index (Phi) is 11.5. The maximum Gasteiger partial charge on any atom is 0.264 e. The molecule has 0 aliphatic rings. The summed E-state index contributed by atoms with van der Waals surface area (Å²) in [6.07, 6.45) is 2.17. The molecule has 0 heterocycles. The predicted octanol–water partition coefficient (Wildman–Crippen LogP) is 5.39. The molecular formula is C34H37N3O5S2. The molecule has 0 fully saturated rings. The molecule has 44 heavy (non-hydrogen) atoms. The van der Waals surface area contributed by atoms with Crippen LogP contribution in [0.3, 0.4) is 0 Å². The minimum absolute atomic E-state index is 0.0544. The standard InChI is InChI=1S/C34H37N3O5S2/c1-4-42-29-17-15-28(16-18-29)37(44(40,41)31-21-19-30(43-3)20-22-31)25-33(38)36(24-27-13-9-6-10-14-27)32(34(39)35-2)23-26-11-7-5-8-12-26/h5-22,32H,4,23-25H2,1-3H3,(H,35,39)/t32-/m0/s1. The Balaban J connectivity index is 1.77. The summed E-state index contributed by atoms with van der Waals surface area (Å²) in [5.74, 6) is -0.282. The number of anilines is 1. The summed E-state index contributed by atoms with van der Waals surface area (Å²) >= 11 is 1.50. The van der Waals surface area contributed by atoms with E-state index in [0.717, 1.165) is 20.3 Å². The average Bonchev–Trinajstić information content (AvgIpc) is 3.06. The second-order valence-corrected chi connectivity index (χ2v) is 12.7. The summed E-state index contributed by atoms with van der Waals surface area (Å²) in [5.41, 5.74) is 1.98. The molecule has 0 bridgehead atoms. The van der Waals surface area contributed by atoms with E-state index < -0.39 is 28.5 Å². The molecule has 230 valence electrons. The lowest BCUT2D eigenvalue weighted by atomic mass is 10.0. The van der Waals surface area contributed by atoms with Crippen LogP contribution in [0.4, 0.5) is 5.69 Å². The molecule has 2 amide bonds. The molecule has 1 N–H and O–H groups in total. The molecule has 0 aliphatic heterocycles. The van der Waals surface area contributed by atoms with Gasteiger partial charge in [0.2, 0.25) is 11.8 Å². The van der Waals surface area contributed by atoms with Gasteiger partial charge in [-0.3, -0.25) is 13.9 Å². The molecule has 0 unspecified atom stereocenters. The van der Waals surface area contributed by atoms with Crippen molar-refractivity contribution in [1.82, 2.24) is 10.2 Å². The van der Waals surface area contributed by atoms with Crippen molar-refractivity contribution in [2.24, 2.45) is 0 Å². The van der Waals surface area contributed by atoms with E-state index in [0.29, 0.717) is 18.0 Å². The fraction of sp³-hybridized carbons (Fsp3) is 0.235. The van der Waals surface area contributed by atoms with Gasteiger partial charge in [-0.1, -0.05) is 60.7 Å². The first-order valence-corrected chi connectivity index (χ1v) is 16.9. The van der Waals surface area contributed by atoms with Gasteiger partial charge in [-0.25, -0.2) is 8.42 Å². The number of rotatable bonds is 14. The van der Waals surface area contributed by atoms with Gasteiger partial charge in [-0.2, -0.15) is 0 Å². The maximum atomic E-state index is 14.3. The zero-order chi connectivity index (χ0) is 31.5. The molecule has 0 saturated heterocycles. The van der Waals surface area contributed by atoms with E-state index in [1.807, 2.05) is 73.8 Å². The topological polar surface area (TPSA) is 96.0 Å². The minimum Gasteiger partial charge on any atom is -0.494 e. The van der Waals surface area contributed by atoms with Crippen LogP contribution in [0.5, 0.6) is 5.75 Å². The molecule has 4 aromatic carbocycles. The first-order chi connectivity index (χ1) is 21.3. The zero-order valence-corrected chi connectivity index (χ0v) is 26.7. The van der Waals surface area contributed by atoms with Crippen LogP contribution in [-0.4, -0.2) is 57.6 Å². The molecule has 0 saturated carbocycles. The number of thioether (sulfide) groups is 1. The normalized spacial score (nSPS) is 11.8. The fourth-order valence-corrected chi connectivity index (χ4v) is 6.60. The summed E-state index contributed by atoms with van der Waals surface area (Å²) in [6, 6.07) is 31.0. The second-order valence-electron chi connectivity index (χ2n) is 9.94. The number of nitrogens with zero attached hydrogens (tertiary/aromatic N) is 2. The van der Waals surface area contributed by atoms with E-state index in [1.165, 1.54) is 35.8 Å². The lowest BCUT2D eigenvalue weighted by molar-refractivity contribution is -0.139. The minimum atomic E-state index is -4.18. The number of carbonyl (C=O) groups is 2. The van der Waals surface area contributed by atoms with Gasteiger partial charge in [0, 0.05) is 24.9 Å². The molecule has 1 atom stereocenters. The van der Waals surface area contributed by atoms with Gasteiger partial charge in [-0.05, 0) is 72.8 Å². The molecule has 0 radical (unpaired) electrons. The summed E-state index contributed by atoms with van der Waals surface area (Å²) in [6.45, 7) is 1.92. The smallest absolute Gasteiger partial charge is 0.264 e. The van der Waals surface area contributed by atoms with E-state index in [2.05, 4.69) is 5.32 Å². The largest absolute Gasteiger partial charge is 0.494 e. The van der Waals surface area contributed by atoms with Crippen LogP contribution in [0, 0.1) is 0 Å². The van der Waals surface area contributed by atoms with Crippen LogP contribution in [0.25, 0.3) is 0 Å². The highest BCUT2D eigenvalue weighted by molar-refractivity contribution is 7.98. The third-order valence-electron chi connectivity index (χ3n) is 7.08. The van der Waals surface area contributed by atoms with E-state index in [1.54, 1.807) is 36.4 Å². The number of nitrogens with one attached hydrogen (secondary N) is 1. The van der Waals surface area contributed by atoms with Crippen molar-refractivity contribution < 1.29 is 22.7 Å². The molecule has 0 aliphatic carbocycles. The van der Waals surface area contributed by atoms with E-state index in [4.69, 9.17) is 4.74 Å². The van der Waals surface area contributed by atoms with Crippen LogP contribution in [0.2, 0.25) is 0 Å². The Bertz CT molecular complexity index is 1620. The first kappa shape index (κ1) is 32.6. The third kappa shape index (κ3) is 8.21. The van der Waals surface area contributed by atoms with Crippen LogP contribution < -0.4 is 14.4 Å². The van der Waals surface area contributed by atoms with E-state index >= 15 is 0 Å². The van der Waals surface area contributed by atoms with Crippen molar-refractivity contribution >= 4 is 39.3 Å². The summed E-state index contributed by atoms with van der Waals surface area (Å²) in [5, 5.41) is 2.70. The Morgan fingerprint density at radius 2 is 1.43 bits per heavy atom. The van der Waals surface area contributed by atoms with Crippen LogP contribution in [0.1, 0.15) is 18.1 Å². The first-order valence-electron chi connectivity index (χ1n) is 14.3. The Labute approximate surface area is 264 Å². The number of ether oxygens (including phenoxy) is 1. The molecule has 0 spiro atoms. The zero-order valence-electron chi connectivity index (χ0n) is 25.1. The van der Waals surface area contributed by atoms with Crippen molar-refractivity contribution in [3.63, 3.8) is 0 Å². The molecule has 0 aromatic heterocycles. The number of hydrogen-bond acceptors (Lipinski definition) is 6. The summed E-state index contributed by atoms with van der Waals surface area (Å²) < 4.78 is 35.0. The van der Waals surface area contributed by atoms with Crippen molar-refractivity contribution in [1.29, 1.82) is 0 Å². The van der Waals surface area contributed by atoms with E-state index in [-0.39, 0.29) is 23.8 Å². The third-order valence-corrected chi connectivity index (χ3v) is 9.61. The number of sulfonamides is 1. The molecule has 8 nitrogen and oxygen atoms in total. The predicted molar refractivity (Wildman–Crippen MR) is 175 cm³/mol. The summed E-state index contributed by atoms with van der Waals surface area (Å²) in [4.78, 5) is 30.1. The number of likely N-dealkylation sites (N-methyl/N-ethyl adjacent to an activating group) is 1. The van der Waals surface area contributed by atoms with Gasteiger partial charge in [0.25, 0.3) is 10.0 Å². The van der Waals surface area contributed by atoms with Crippen molar-refractivity contribution in [2.45, 2.75) is 35.7 Å². The average molecular weight is 632 g/mol. The van der Waals surface area contributed by atoms with Crippen molar-refractivity contribution in [2.75, 3.05) is 30.8 Å². The monoisotopic (exact) mass is 631 g/mol. The summed E-state index contributed by atoms with van der Waals surface area (Å²) in [7, 11) is -2.65. The highest BCUT2D eigenvalue weighted by atomic mass is 32.2. The van der Waals surface area contributed by atoms with Gasteiger partial charge in [0.05, 0.1) is 17.2 Å². The Hall–Kier alpha value is -4.28.